The first-order chi connectivity index (χ1) is 8.21. The zero-order valence-corrected chi connectivity index (χ0v) is 10.9. The number of nitrogens with zero attached hydrogens (tertiary/aromatic N) is 2. The van der Waals surface area contributed by atoms with Gasteiger partial charge in [-0.05, 0) is 45.1 Å². The first-order valence-electron chi connectivity index (χ1n) is 6.58. The Labute approximate surface area is 104 Å². The Morgan fingerprint density at radius 2 is 2.24 bits per heavy atom. The minimum atomic E-state index is 0.385. The fraction of sp³-hybridized carbons (Fsp3) is 0.714. The molecule has 1 aliphatic rings. The lowest BCUT2D eigenvalue weighted by Crippen LogP contribution is -2.22. The highest BCUT2D eigenvalue weighted by molar-refractivity contribution is 5.79. The molecule has 1 atom stereocenters. The Morgan fingerprint density at radius 3 is 2.76 bits per heavy atom. The summed E-state index contributed by atoms with van der Waals surface area (Å²) in [5, 5.41) is 9.11. The van der Waals surface area contributed by atoms with Gasteiger partial charge in [-0.3, -0.25) is 4.79 Å². The highest BCUT2D eigenvalue weighted by Gasteiger charge is 2.18. The molecule has 0 heterocycles. The molecule has 0 spiro atoms. The molecule has 3 nitrogen and oxygen atoms in total. The van der Waals surface area contributed by atoms with E-state index in [1.807, 2.05) is 6.08 Å². The van der Waals surface area contributed by atoms with E-state index in [4.69, 9.17) is 5.26 Å². The molecule has 0 bridgehead atoms. The van der Waals surface area contributed by atoms with Crippen molar-refractivity contribution in [3.63, 3.8) is 0 Å². The average molecular weight is 234 g/mol. The van der Waals surface area contributed by atoms with Crippen LogP contribution in [-0.4, -0.2) is 23.8 Å². The number of allylic oxidation sites excluding steroid dienone is 2. The molecule has 0 aromatic carbocycles. The van der Waals surface area contributed by atoms with Crippen molar-refractivity contribution in [2.24, 2.45) is 5.92 Å². The number of Topliss-reactive ketones (excluding diaryl/α,β-unsaturated/α-hetero) is 1. The second-order valence-electron chi connectivity index (χ2n) is 4.61. The van der Waals surface area contributed by atoms with Crippen LogP contribution in [-0.2, 0) is 4.79 Å². The standard InChI is InChI=1S/C14H22N2O/c1-3-16(4-2)13(11-15)9-8-12-6-5-7-14(17)10-12/h9,12H,3-8,10H2,1-2H3/b13-9+. The summed E-state index contributed by atoms with van der Waals surface area (Å²) >= 11 is 0. The lowest BCUT2D eigenvalue weighted by Gasteiger charge is -2.22. The van der Waals surface area contributed by atoms with Gasteiger partial charge in [0.1, 0.15) is 17.5 Å². The highest BCUT2D eigenvalue weighted by Crippen LogP contribution is 2.25. The van der Waals surface area contributed by atoms with Crippen molar-refractivity contribution in [1.29, 1.82) is 5.26 Å². The van der Waals surface area contributed by atoms with Crippen LogP contribution in [0.1, 0.15) is 46.0 Å². The second kappa shape index (κ2) is 7.11. The Bertz CT molecular complexity index is 324. The Balaban J connectivity index is 2.55. The predicted molar refractivity (Wildman–Crippen MR) is 68.2 cm³/mol. The molecule has 0 aliphatic heterocycles. The number of ketones is 1. The largest absolute Gasteiger partial charge is 0.364 e. The van der Waals surface area contributed by atoms with Crippen molar-refractivity contribution in [2.75, 3.05) is 13.1 Å². The predicted octanol–water partition coefficient (Wildman–Crippen LogP) is 2.89. The molecular weight excluding hydrogens is 212 g/mol. The minimum Gasteiger partial charge on any atom is -0.364 e. The van der Waals surface area contributed by atoms with Gasteiger partial charge in [-0.2, -0.15) is 5.26 Å². The van der Waals surface area contributed by atoms with Gasteiger partial charge in [0.2, 0.25) is 0 Å². The van der Waals surface area contributed by atoms with Crippen LogP contribution in [0.3, 0.4) is 0 Å². The van der Waals surface area contributed by atoms with Crippen LogP contribution in [0.2, 0.25) is 0 Å². The van der Waals surface area contributed by atoms with Gasteiger partial charge < -0.3 is 4.90 Å². The van der Waals surface area contributed by atoms with Crippen LogP contribution >= 0.6 is 0 Å². The molecule has 3 heteroatoms. The van der Waals surface area contributed by atoms with E-state index in [2.05, 4.69) is 24.8 Å². The summed E-state index contributed by atoms with van der Waals surface area (Å²) in [4.78, 5) is 13.4. The topological polar surface area (TPSA) is 44.1 Å². The van der Waals surface area contributed by atoms with Crippen molar-refractivity contribution in [3.8, 4) is 6.07 Å². The van der Waals surface area contributed by atoms with Crippen molar-refractivity contribution >= 4 is 5.78 Å². The maximum atomic E-state index is 11.3. The summed E-state index contributed by atoms with van der Waals surface area (Å²) in [6.45, 7) is 5.83. The molecule has 0 amide bonds. The van der Waals surface area contributed by atoms with Crippen molar-refractivity contribution < 1.29 is 4.79 Å². The lowest BCUT2D eigenvalue weighted by molar-refractivity contribution is -0.121. The van der Waals surface area contributed by atoms with Crippen molar-refractivity contribution in [3.05, 3.63) is 11.8 Å². The average Bonchev–Trinajstić information content (AvgIpc) is 2.34. The third-order valence-corrected chi connectivity index (χ3v) is 3.45. The third kappa shape index (κ3) is 4.22. The van der Waals surface area contributed by atoms with Gasteiger partial charge in [-0.25, -0.2) is 0 Å². The Morgan fingerprint density at radius 1 is 1.53 bits per heavy atom. The summed E-state index contributed by atoms with van der Waals surface area (Å²) in [6.07, 6.45) is 6.47. The SMILES string of the molecule is CCN(CC)/C(C#N)=C/CC1CCCC(=O)C1. The van der Waals surface area contributed by atoms with E-state index in [1.54, 1.807) is 0 Å². The number of carbonyl (C=O) groups excluding carboxylic acids is 1. The number of nitriles is 1. The van der Waals surface area contributed by atoms with Crippen LogP contribution in [0, 0.1) is 17.2 Å². The van der Waals surface area contributed by atoms with Gasteiger partial charge in [-0.15, -0.1) is 0 Å². The molecule has 1 saturated carbocycles. The summed E-state index contributed by atoms with van der Waals surface area (Å²) in [5.41, 5.74) is 0.757. The number of hydrogen-bond acceptors (Lipinski definition) is 3. The minimum absolute atomic E-state index is 0.385. The molecule has 0 aromatic heterocycles. The van der Waals surface area contributed by atoms with E-state index < -0.39 is 0 Å². The van der Waals surface area contributed by atoms with Crippen LogP contribution < -0.4 is 0 Å². The molecule has 17 heavy (non-hydrogen) atoms. The first-order valence-corrected chi connectivity index (χ1v) is 6.58. The van der Waals surface area contributed by atoms with Crippen LogP contribution in [0.15, 0.2) is 11.8 Å². The van der Waals surface area contributed by atoms with Crippen LogP contribution in [0.25, 0.3) is 0 Å². The maximum Gasteiger partial charge on any atom is 0.133 e. The summed E-state index contributed by atoms with van der Waals surface area (Å²) in [7, 11) is 0. The van der Waals surface area contributed by atoms with Gasteiger partial charge in [0.25, 0.3) is 0 Å². The van der Waals surface area contributed by atoms with E-state index >= 15 is 0 Å². The van der Waals surface area contributed by atoms with Crippen molar-refractivity contribution in [1.82, 2.24) is 4.90 Å². The second-order valence-corrected chi connectivity index (χ2v) is 4.61. The highest BCUT2D eigenvalue weighted by atomic mass is 16.1. The molecule has 0 radical (unpaired) electrons. The summed E-state index contributed by atoms with van der Waals surface area (Å²) < 4.78 is 0. The van der Waals surface area contributed by atoms with E-state index in [0.29, 0.717) is 18.1 Å². The zero-order chi connectivity index (χ0) is 12.7. The number of carbonyl (C=O) groups is 1. The first kappa shape index (κ1) is 13.8. The monoisotopic (exact) mass is 234 g/mol. The van der Waals surface area contributed by atoms with Gasteiger partial charge in [0.15, 0.2) is 0 Å². The zero-order valence-electron chi connectivity index (χ0n) is 10.9. The molecule has 0 N–H and O–H groups in total. The Hall–Kier alpha value is -1.30. The number of hydrogen-bond donors (Lipinski definition) is 0. The van der Waals surface area contributed by atoms with Gasteiger partial charge in [0.05, 0.1) is 0 Å². The molecule has 1 fully saturated rings. The fourth-order valence-electron chi connectivity index (χ4n) is 2.40. The third-order valence-electron chi connectivity index (χ3n) is 3.45. The molecule has 1 aliphatic carbocycles. The smallest absolute Gasteiger partial charge is 0.133 e. The fourth-order valence-corrected chi connectivity index (χ4v) is 2.40. The summed E-state index contributed by atoms with van der Waals surface area (Å²) in [5.74, 6) is 0.839. The van der Waals surface area contributed by atoms with Crippen LogP contribution in [0.4, 0.5) is 0 Å². The van der Waals surface area contributed by atoms with E-state index in [-0.39, 0.29) is 0 Å². The van der Waals surface area contributed by atoms with E-state index in [0.717, 1.165) is 44.5 Å². The van der Waals surface area contributed by atoms with Gasteiger partial charge in [-0.1, -0.05) is 0 Å². The maximum absolute atomic E-state index is 11.3. The van der Waals surface area contributed by atoms with Crippen LogP contribution in [0.5, 0.6) is 0 Å². The van der Waals surface area contributed by atoms with E-state index in [1.165, 1.54) is 0 Å². The number of rotatable bonds is 5. The summed E-state index contributed by atoms with van der Waals surface area (Å²) in [6, 6.07) is 2.26. The van der Waals surface area contributed by atoms with Gasteiger partial charge in [0, 0.05) is 25.9 Å². The molecule has 0 aromatic rings. The van der Waals surface area contributed by atoms with Gasteiger partial charge >= 0.3 is 0 Å². The normalized spacial score (nSPS) is 21.1. The lowest BCUT2D eigenvalue weighted by atomic mass is 9.86. The molecule has 0 saturated heterocycles. The van der Waals surface area contributed by atoms with E-state index in [9.17, 15) is 4.79 Å². The Kier molecular flexibility index (Phi) is 5.76. The molecule has 1 unspecified atom stereocenters. The molecule has 1 rings (SSSR count). The molecule has 94 valence electrons. The quantitative estimate of drug-likeness (QED) is 0.687. The van der Waals surface area contributed by atoms with Crippen molar-refractivity contribution in [2.45, 2.75) is 46.0 Å². The molecular formula is C14H22N2O.